The fourth-order valence-electron chi connectivity index (χ4n) is 0.911. The monoisotopic (exact) mass is 289 g/mol. The average molecular weight is 289 g/mol. The van der Waals surface area contributed by atoms with Gasteiger partial charge in [0, 0.05) is 18.2 Å². The van der Waals surface area contributed by atoms with E-state index in [-0.39, 0.29) is 24.9 Å². The third-order valence-electron chi connectivity index (χ3n) is 1.78. The number of esters is 1. The lowest BCUT2D eigenvalue weighted by molar-refractivity contribution is -0.138. The van der Waals surface area contributed by atoms with Crippen molar-refractivity contribution in [3.8, 4) is 0 Å². The van der Waals surface area contributed by atoms with Gasteiger partial charge in [-0.1, -0.05) is 18.3 Å². The number of carbonyl (C=O) groups excluding carboxylic acids is 3. The maximum atomic E-state index is 11.2. The van der Waals surface area contributed by atoms with Gasteiger partial charge in [0.2, 0.25) is 0 Å². The lowest BCUT2D eigenvalue weighted by Crippen LogP contribution is -2.29. The van der Waals surface area contributed by atoms with Gasteiger partial charge in [0.1, 0.15) is 6.61 Å². The van der Waals surface area contributed by atoms with Gasteiger partial charge in [0.25, 0.3) is 0 Å². The Morgan fingerprint density at radius 2 is 1.84 bits per heavy atom. The highest BCUT2D eigenvalue weighted by molar-refractivity contribution is 8.13. The lowest BCUT2D eigenvalue weighted by Gasteiger charge is -2.07. The molecule has 1 N–H and O–H groups in total. The number of carbonyl (C=O) groups is 3. The topological polar surface area (TPSA) is 81.7 Å². The molecule has 0 bridgehead atoms. The zero-order valence-corrected chi connectivity index (χ0v) is 12.0. The third-order valence-corrected chi connectivity index (χ3v) is 2.68. The molecule has 0 radical (unpaired) electrons. The van der Waals surface area contributed by atoms with Crippen LogP contribution in [0.1, 0.15) is 20.3 Å². The van der Waals surface area contributed by atoms with Crippen molar-refractivity contribution in [1.82, 2.24) is 5.32 Å². The van der Waals surface area contributed by atoms with E-state index in [1.54, 1.807) is 6.92 Å². The fraction of sp³-hybridized carbons (Fsp3) is 0.583. The van der Waals surface area contributed by atoms with Gasteiger partial charge < -0.3 is 14.8 Å². The zero-order chi connectivity index (χ0) is 14.7. The SMILES string of the molecule is C=C(C)C(=O)OCCNC(=O)OCCCSC(C)=O. The predicted octanol–water partition coefficient (Wildman–Crippen LogP) is 1.50. The highest BCUT2D eigenvalue weighted by atomic mass is 32.2. The summed E-state index contributed by atoms with van der Waals surface area (Å²) < 4.78 is 9.62. The number of nitrogens with one attached hydrogen (secondary N) is 1. The van der Waals surface area contributed by atoms with Crippen LogP contribution in [-0.2, 0) is 19.1 Å². The first-order valence-corrected chi connectivity index (χ1v) is 6.78. The molecule has 0 saturated heterocycles. The first kappa shape index (κ1) is 17.5. The third kappa shape index (κ3) is 11.3. The Labute approximate surface area is 116 Å². The molecule has 0 rings (SSSR count). The van der Waals surface area contributed by atoms with Crippen molar-refractivity contribution in [3.05, 3.63) is 12.2 Å². The van der Waals surface area contributed by atoms with Gasteiger partial charge in [-0.25, -0.2) is 9.59 Å². The van der Waals surface area contributed by atoms with E-state index in [1.165, 1.54) is 18.7 Å². The molecule has 0 aliphatic carbocycles. The van der Waals surface area contributed by atoms with E-state index >= 15 is 0 Å². The van der Waals surface area contributed by atoms with Crippen LogP contribution in [0.3, 0.4) is 0 Å². The summed E-state index contributed by atoms with van der Waals surface area (Å²) in [5.74, 6) is 0.134. The van der Waals surface area contributed by atoms with E-state index in [0.717, 1.165) is 0 Å². The number of hydrogen-bond donors (Lipinski definition) is 1. The van der Waals surface area contributed by atoms with E-state index in [9.17, 15) is 14.4 Å². The molecule has 19 heavy (non-hydrogen) atoms. The summed E-state index contributed by atoms with van der Waals surface area (Å²) >= 11 is 1.19. The van der Waals surface area contributed by atoms with Crippen LogP contribution in [-0.4, -0.2) is 42.7 Å². The maximum absolute atomic E-state index is 11.2. The first-order chi connectivity index (χ1) is 8.93. The van der Waals surface area contributed by atoms with E-state index < -0.39 is 12.1 Å². The van der Waals surface area contributed by atoms with Crippen molar-refractivity contribution in [2.45, 2.75) is 20.3 Å². The quantitative estimate of drug-likeness (QED) is 0.414. The fourth-order valence-corrected chi connectivity index (χ4v) is 1.46. The first-order valence-electron chi connectivity index (χ1n) is 5.80. The zero-order valence-electron chi connectivity index (χ0n) is 11.2. The summed E-state index contributed by atoms with van der Waals surface area (Å²) in [6.45, 7) is 6.96. The van der Waals surface area contributed by atoms with Gasteiger partial charge in [-0.3, -0.25) is 4.79 Å². The van der Waals surface area contributed by atoms with Gasteiger partial charge >= 0.3 is 12.1 Å². The normalized spacial score (nSPS) is 9.58. The molecule has 0 saturated carbocycles. The molecule has 0 aliphatic heterocycles. The van der Waals surface area contributed by atoms with Crippen molar-refractivity contribution in [1.29, 1.82) is 0 Å². The molecule has 0 spiro atoms. The van der Waals surface area contributed by atoms with Crippen LogP contribution in [0.2, 0.25) is 0 Å². The van der Waals surface area contributed by atoms with E-state index in [4.69, 9.17) is 9.47 Å². The van der Waals surface area contributed by atoms with Gasteiger partial charge in [-0.2, -0.15) is 0 Å². The summed E-state index contributed by atoms with van der Waals surface area (Å²) in [7, 11) is 0. The average Bonchev–Trinajstić information content (AvgIpc) is 2.33. The molecule has 0 atom stereocenters. The minimum atomic E-state index is -0.570. The van der Waals surface area contributed by atoms with Crippen molar-refractivity contribution in [2.75, 3.05) is 25.5 Å². The van der Waals surface area contributed by atoms with Crippen LogP contribution in [0.15, 0.2) is 12.2 Å². The van der Waals surface area contributed by atoms with Crippen LogP contribution in [0.5, 0.6) is 0 Å². The molecular weight excluding hydrogens is 270 g/mol. The van der Waals surface area contributed by atoms with E-state index in [2.05, 4.69) is 11.9 Å². The molecule has 0 aliphatic rings. The number of ether oxygens (including phenoxy) is 2. The summed E-state index contributed by atoms with van der Waals surface area (Å²) in [5, 5.41) is 2.48. The van der Waals surface area contributed by atoms with Gasteiger partial charge in [-0.05, 0) is 13.3 Å². The second kappa shape index (κ2) is 10.4. The highest BCUT2D eigenvalue weighted by Crippen LogP contribution is 2.02. The molecular formula is C12H19NO5S. The second-order valence-corrected chi connectivity index (χ2v) is 4.94. The van der Waals surface area contributed by atoms with Crippen molar-refractivity contribution >= 4 is 28.9 Å². The smallest absolute Gasteiger partial charge is 0.407 e. The Balaban J connectivity index is 3.42. The van der Waals surface area contributed by atoms with Gasteiger partial charge in [0.05, 0.1) is 13.2 Å². The van der Waals surface area contributed by atoms with Crippen LogP contribution in [0.4, 0.5) is 4.79 Å². The lowest BCUT2D eigenvalue weighted by atomic mass is 10.4. The van der Waals surface area contributed by atoms with Crippen LogP contribution >= 0.6 is 11.8 Å². The minimum Gasteiger partial charge on any atom is -0.460 e. The standard InChI is InChI=1S/C12H19NO5S/c1-9(2)11(15)17-7-5-13-12(16)18-6-4-8-19-10(3)14/h1,4-8H2,2-3H3,(H,13,16). The largest absolute Gasteiger partial charge is 0.460 e. The van der Waals surface area contributed by atoms with E-state index in [0.29, 0.717) is 17.7 Å². The summed E-state index contributed by atoms with van der Waals surface area (Å²) in [6.07, 6.45) is 0.0432. The number of thioether (sulfide) groups is 1. The Morgan fingerprint density at radius 3 is 2.42 bits per heavy atom. The Bertz CT molecular complexity index is 343. The molecule has 7 heteroatoms. The Morgan fingerprint density at radius 1 is 1.16 bits per heavy atom. The maximum Gasteiger partial charge on any atom is 0.407 e. The number of rotatable bonds is 8. The molecule has 108 valence electrons. The van der Waals surface area contributed by atoms with Crippen molar-refractivity contribution in [2.24, 2.45) is 0 Å². The summed E-state index contributed by atoms with van der Waals surface area (Å²) in [4.78, 5) is 32.8. The van der Waals surface area contributed by atoms with Crippen LogP contribution in [0.25, 0.3) is 0 Å². The summed E-state index contributed by atoms with van der Waals surface area (Å²) in [6, 6.07) is 0. The Kier molecular flexibility index (Phi) is 9.60. The number of hydrogen-bond acceptors (Lipinski definition) is 6. The van der Waals surface area contributed by atoms with Gasteiger partial charge in [-0.15, -0.1) is 0 Å². The molecule has 0 heterocycles. The molecule has 6 nitrogen and oxygen atoms in total. The molecule has 0 fully saturated rings. The molecule has 0 unspecified atom stereocenters. The molecule has 1 amide bonds. The van der Waals surface area contributed by atoms with Crippen molar-refractivity contribution < 1.29 is 23.9 Å². The number of alkyl carbamates (subject to hydrolysis) is 1. The molecule has 0 aromatic carbocycles. The molecule has 0 aromatic rings. The predicted molar refractivity (Wildman–Crippen MR) is 72.9 cm³/mol. The second-order valence-electron chi connectivity index (χ2n) is 3.67. The van der Waals surface area contributed by atoms with Gasteiger partial charge in [0.15, 0.2) is 5.12 Å². The minimum absolute atomic E-state index is 0.0452. The summed E-state index contributed by atoms with van der Waals surface area (Å²) in [5.41, 5.74) is 0.311. The van der Waals surface area contributed by atoms with E-state index in [1.807, 2.05) is 0 Å². The van der Waals surface area contributed by atoms with Crippen LogP contribution < -0.4 is 5.32 Å². The molecule has 0 aromatic heterocycles. The van der Waals surface area contributed by atoms with Crippen molar-refractivity contribution in [3.63, 3.8) is 0 Å². The highest BCUT2D eigenvalue weighted by Gasteiger charge is 2.04. The number of amides is 1. The Hall–Kier alpha value is -1.50. The van der Waals surface area contributed by atoms with Crippen LogP contribution in [0, 0.1) is 0 Å².